The fourth-order valence-electron chi connectivity index (χ4n) is 3.58. The van der Waals surface area contributed by atoms with Crippen LogP contribution >= 0.6 is 0 Å². The smallest absolute Gasteiger partial charge is 0.243 e. The number of nitrogens with one attached hydrogen (secondary N) is 4. The molecule has 0 radical (unpaired) electrons. The normalized spacial score (nSPS) is 13.9. The van der Waals surface area contributed by atoms with Crippen LogP contribution in [0, 0.1) is 11.8 Å². The molecule has 0 fully saturated rings. The first-order chi connectivity index (χ1) is 16.0. The molecule has 1 unspecified atom stereocenters. The highest BCUT2D eigenvalue weighted by molar-refractivity contribution is 5.92. The maximum atomic E-state index is 12.8. The molecule has 3 atom stereocenters. The molecule has 0 aliphatic heterocycles. The lowest BCUT2D eigenvalue weighted by Crippen LogP contribution is -2.53. The summed E-state index contributed by atoms with van der Waals surface area (Å²) in [7, 11) is 0. The van der Waals surface area contributed by atoms with Crippen LogP contribution in [0.25, 0.3) is 0 Å². The Bertz CT molecular complexity index is 623. The number of unbranched alkanes of at least 4 members (excludes halogenated alkanes) is 2. The van der Waals surface area contributed by atoms with E-state index < -0.39 is 18.4 Å². The van der Waals surface area contributed by atoms with E-state index in [-0.39, 0.29) is 35.3 Å². The minimum Gasteiger partial charge on any atom is -0.366 e. The molecule has 0 bridgehead atoms. The van der Waals surface area contributed by atoms with Gasteiger partial charge in [-0.3, -0.25) is 30.2 Å². The van der Waals surface area contributed by atoms with Crippen LogP contribution in [0.15, 0.2) is 0 Å². The number of hydrogen-bond donors (Lipinski definition) is 6. The predicted molar refractivity (Wildman–Crippen MR) is 132 cm³/mol. The van der Waals surface area contributed by atoms with Gasteiger partial charge in [0.05, 0.1) is 6.04 Å². The number of ketones is 1. The molecule has 0 aromatic heterocycles. The zero-order valence-corrected chi connectivity index (χ0v) is 21.6. The van der Waals surface area contributed by atoms with E-state index in [9.17, 15) is 19.2 Å². The molecule has 0 aromatic carbocycles. The Morgan fingerprint density at radius 2 is 1.53 bits per heavy atom. The summed E-state index contributed by atoms with van der Waals surface area (Å²) in [6.45, 7) is 10.1. The molecule has 3 amide bonds. The standard InChI is InChI=1S/C24H47N5O5/c1-6-18(7-2)22(32)26-14-10-8-9-13-20(31)29-21(16(3)4)23(33)28-19(17(5)30)12-11-15-27-24(25)34/h16,18-19,21,24,27,34H,6-15,25H2,1-5H3,(H,26,32)(H,28,33)(H,29,31)/t19-,21-,24?/m0/s1. The monoisotopic (exact) mass is 485 g/mol. The molecule has 10 nitrogen and oxygen atoms in total. The molecule has 0 rings (SSSR count). The minimum atomic E-state index is -1.13. The van der Waals surface area contributed by atoms with Crippen LogP contribution in [-0.2, 0) is 19.2 Å². The molecular weight excluding hydrogens is 438 g/mol. The maximum absolute atomic E-state index is 12.8. The maximum Gasteiger partial charge on any atom is 0.243 e. The largest absolute Gasteiger partial charge is 0.366 e. The number of nitrogens with two attached hydrogens (primary N) is 1. The Labute approximate surface area is 204 Å². The van der Waals surface area contributed by atoms with Crippen molar-refractivity contribution in [2.24, 2.45) is 17.6 Å². The Hall–Kier alpha value is -2.04. The summed E-state index contributed by atoms with van der Waals surface area (Å²) in [6, 6.07) is -1.41. The number of amides is 3. The van der Waals surface area contributed by atoms with Crippen molar-refractivity contribution in [3.05, 3.63) is 0 Å². The zero-order chi connectivity index (χ0) is 26.1. The average molecular weight is 486 g/mol. The minimum absolute atomic E-state index is 0.0583. The van der Waals surface area contributed by atoms with Crippen LogP contribution in [0.3, 0.4) is 0 Å². The first-order valence-electron chi connectivity index (χ1n) is 12.6. The Balaban J connectivity index is 4.44. The van der Waals surface area contributed by atoms with Crippen molar-refractivity contribution in [2.45, 2.75) is 104 Å². The first-order valence-corrected chi connectivity index (χ1v) is 12.6. The van der Waals surface area contributed by atoms with E-state index in [4.69, 9.17) is 10.8 Å². The summed E-state index contributed by atoms with van der Waals surface area (Å²) in [5, 5.41) is 20.1. The Morgan fingerprint density at radius 3 is 2.06 bits per heavy atom. The van der Waals surface area contributed by atoms with Crippen LogP contribution < -0.4 is 27.0 Å². The molecule has 0 aromatic rings. The summed E-state index contributed by atoms with van der Waals surface area (Å²) in [4.78, 5) is 49.1. The number of aliphatic hydroxyl groups excluding tert-OH is 1. The van der Waals surface area contributed by atoms with Crippen LogP contribution in [-0.4, -0.2) is 60.1 Å². The lowest BCUT2D eigenvalue weighted by atomic mass is 10.0. The SMILES string of the molecule is CCC(CC)C(=O)NCCCCCC(=O)N[C@H](C(=O)N[C@@H](CCCNC(N)O)C(C)=O)C(C)C. The molecule has 0 saturated carbocycles. The van der Waals surface area contributed by atoms with Crippen molar-refractivity contribution in [2.75, 3.05) is 13.1 Å². The molecule has 0 spiro atoms. The molecule has 198 valence electrons. The topological polar surface area (TPSA) is 163 Å². The summed E-state index contributed by atoms with van der Waals surface area (Å²) in [5.74, 6) is -0.777. The van der Waals surface area contributed by atoms with Crippen molar-refractivity contribution in [3.8, 4) is 0 Å². The van der Waals surface area contributed by atoms with Crippen molar-refractivity contribution in [1.29, 1.82) is 0 Å². The highest BCUT2D eigenvalue weighted by Crippen LogP contribution is 2.08. The predicted octanol–water partition coefficient (Wildman–Crippen LogP) is 0.918. The highest BCUT2D eigenvalue weighted by atomic mass is 16.3. The van der Waals surface area contributed by atoms with Gasteiger partial charge in [0, 0.05) is 18.9 Å². The lowest BCUT2D eigenvalue weighted by Gasteiger charge is -2.25. The van der Waals surface area contributed by atoms with Crippen LogP contribution in [0.2, 0.25) is 0 Å². The van der Waals surface area contributed by atoms with Gasteiger partial charge in [-0.2, -0.15) is 0 Å². The third-order valence-electron chi connectivity index (χ3n) is 5.83. The molecule has 34 heavy (non-hydrogen) atoms. The van der Waals surface area contributed by atoms with Gasteiger partial charge in [0.15, 0.2) is 12.1 Å². The number of carbonyl (C=O) groups excluding carboxylic acids is 4. The lowest BCUT2D eigenvalue weighted by molar-refractivity contribution is -0.132. The van der Waals surface area contributed by atoms with Crippen molar-refractivity contribution in [3.63, 3.8) is 0 Å². The third kappa shape index (κ3) is 14.3. The molecule has 10 heteroatoms. The second-order valence-electron chi connectivity index (χ2n) is 9.12. The molecular formula is C24H47N5O5. The Kier molecular flexibility index (Phi) is 17.2. The van der Waals surface area contributed by atoms with E-state index in [2.05, 4.69) is 21.3 Å². The number of Topliss-reactive ketones (excluding diaryl/α,β-unsaturated/α-hetero) is 1. The van der Waals surface area contributed by atoms with E-state index in [0.717, 1.165) is 25.7 Å². The quantitative estimate of drug-likeness (QED) is 0.117. The van der Waals surface area contributed by atoms with Gasteiger partial charge in [-0.05, 0) is 57.9 Å². The van der Waals surface area contributed by atoms with Crippen molar-refractivity contribution < 1.29 is 24.3 Å². The molecule has 0 saturated heterocycles. The number of hydrogen-bond acceptors (Lipinski definition) is 7. The fourth-order valence-corrected chi connectivity index (χ4v) is 3.58. The van der Waals surface area contributed by atoms with Crippen molar-refractivity contribution >= 4 is 23.5 Å². The van der Waals surface area contributed by atoms with Crippen LogP contribution in [0.5, 0.6) is 0 Å². The highest BCUT2D eigenvalue weighted by Gasteiger charge is 2.27. The summed E-state index contributed by atoms with van der Waals surface area (Å²) in [5.41, 5.74) is 5.21. The summed E-state index contributed by atoms with van der Waals surface area (Å²) >= 11 is 0. The van der Waals surface area contributed by atoms with Gasteiger partial charge in [-0.25, -0.2) is 0 Å². The van der Waals surface area contributed by atoms with Gasteiger partial charge in [0.2, 0.25) is 17.7 Å². The fraction of sp³-hybridized carbons (Fsp3) is 0.833. The van der Waals surface area contributed by atoms with Crippen LogP contribution in [0.1, 0.15) is 86.0 Å². The molecule has 7 N–H and O–H groups in total. The van der Waals surface area contributed by atoms with E-state index >= 15 is 0 Å². The number of rotatable bonds is 19. The second kappa shape index (κ2) is 18.3. The van der Waals surface area contributed by atoms with Gasteiger partial charge in [-0.15, -0.1) is 0 Å². The van der Waals surface area contributed by atoms with Gasteiger partial charge in [0.1, 0.15) is 6.04 Å². The van der Waals surface area contributed by atoms with E-state index in [1.54, 1.807) is 0 Å². The second-order valence-corrected chi connectivity index (χ2v) is 9.12. The van der Waals surface area contributed by atoms with Gasteiger partial charge in [-0.1, -0.05) is 34.1 Å². The number of aliphatic hydroxyl groups is 1. The molecule has 0 aliphatic carbocycles. The van der Waals surface area contributed by atoms with E-state index in [0.29, 0.717) is 38.8 Å². The van der Waals surface area contributed by atoms with Crippen molar-refractivity contribution in [1.82, 2.24) is 21.3 Å². The molecule has 0 heterocycles. The number of carbonyl (C=O) groups is 4. The Morgan fingerprint density at radius 1 is 0.882 bits per heavy atom. The third-order valence-corrected chi connectivity index (χ3v) is 5.83. The zero-order valence-electron chi connectivity index (χ0n) is 21.6. The van der Waals surface area contributed by atoms with Gasteiger partial charge < -0.3 is 21.1 Å². The van der Waals surface area contributed by atoms with Gasteiger partial charge >= 0.3 is 0 Å². The summed E-state index contributed by atoms with van der Waals surface area (Å²) in [6.07, 6.45) is 4.01. The molecule has 0 aliphatic rings. The van der Waals surface area contributed by atoms with E-state index in [1.807, 2.05) is 27.7 Å². The van der Waals surface area contributed by atoms with Crippen LogP contribution in [0.4, 0.5) is 0 Å². The summed E-state index contributed by atoms with van der Waals surface area (Å²) < 4.78 is 0. The average Bonchev–Trinajstić information content (AvgIpc) is 2.76. The first kappa shape index (κ1) is 32.0. The van der Waals surface area contributed by atoms with E-state index in [1.165, 1.54) is 6.92 Å². The van der Waals surface area contributed by atoms with Gasteiger partial charge in [0.25, 0.3) is 0 Å².